The summed E-state index contributed by atoms with van der Waals surface area (Å²) in [5.41, 5.74) is 1.75. The molecule has 0 aliphatic heterocycles. The molecule has 9 heteroatoms. The largest absolute Gasteiger partial charge is 0.463 e. The minimum absolute atomic E-state index is 0.227. The first-order chi connectivity index (χ1) is 14.0. The van der Waals surface area contributed by atoms with Crippen molar-refractivity contribution >= 4 is 46.6 Å². The molecule has 0 spiro atoms. The predicted octanol–water partition coefficient (Wildman–Crippen LogP) is 6.36. The number of aromatic amines is 1. The molecule has 1 unspecified atom stereocenters. The highest BCUT2D eigenvalue weighted by Gasteiger charge is 2.22. The van der Waals surface area contributed by atoms with Gasteiger partial charge >= 0.3 is 0 Å². The Morgan fingerprint density at radius 2 is 1.83 bits per heavy atom. The van der Waals surface area contributed by atoms with Crippen LogP contribution >= 0.6 is 35.0 Å². The molecule has 0 aliphatic rings. The lowest BCUT2D eigenvalue weighted by Gasteiger charge is -2.12. The van der Waals surface area contributed by atoms with E-state index in [0.29, 0.717) is 43.8 Å². The van der Waals surface area contributed by atoms with Crippen molar-refractivity contribution in [2.24, 2.45) is 0 Å². The van der Waals surface area contributed by atoms with Crippen molar-refractivity contribution in [3.05, 3.63) is 65.0 Å². The molecule has 1 amide bonds. The van der Waals surface area contributed by atoms with Crippen molar-refractivity contribution in [2.75, 3.05) is 5.32 Å². The number of rotatable bonds is 6. The first-order valence-corrected chi connectivity index (χ1v) is 10.3. The fourth-order valence-electron chi connectivity index (χ4n) is 2.65. The second kappa shape index (κ2) is 8.41. The highest BCUT2D eigenvalue weighted by atomic mass is 35.5. The van der Waals surface area contributed by atoms with Gasteiger partial charge in [0.05, 0.1) is 33.5 Å². The number of amides is 1. The van der Waals surface area contributed by atoms with E-state index in [1.807, 2.05) is 12.1 Å². The number of nitrogens with one attached hydrogen (secondary N) is 2. The Balaban J connectivity index is 1.55. The van der Waals surface area contributed by atoms with Crippen LogP contribution in [0, 0.1) is 0 Å². The average molecular weight is 448 g/mol. The van der Waals surface area contributed by atoms with Crippen molar-refractivity contribution in [2.45, 2.75) is 17.3 Å². The summed E-state index contributed by atoms with van der Waals surface area (Å²) in [5, 5.41) is 3.58. The fourth-order valence-corrected chi connectivity index (χ4v) is 3.81. The van der Waals surface area contributed by atoms with Gasteiger partial charge in [-0.3, -0.25) is 4.79 Å². The van der Waals surface area contributed by atoms with E-state index in [4.69, 9.17) is 32.0 Å². The Kier molecular flexibility index (Phi) is 5.71. The van der Waals surface area contributed by atoms with Crippen LogP contribution in [0.2, 0.25) is 10.0 Å². The summed E-state index contributed by atoms with van der Waals surface area (Å²) in [6.07, 6.45) is 3.16. The molecule has 0 saturated heterocycles. The van der Waals surface area contributed by atoms with Gasteiger partial charge in [-0.25, -0.2) is 4.98 Å². The Labute approximate surface area is 180 Å². The maximum absolute atomic E-state index is 12.6. The number of H-pyrrole nitrogens is 1. The number of carbonyl (C=O) groups excluding carboxylic acids is 1. The predicted molar refractivity (Wildman–Crippen MR) is 114 cm³/mol. The van der Waals surface area contributed by atoms with Gasteiger partial charge in [-0.2, -0.15) is 0 Å². The van der Waals surface area contributed by atoms with Gasteiger partial charge in [0, 0.05) is 0 Å². The topological polar surface area (TPSA) is 84.1 Å². The number of furan rings is 2. The standard InChI is InChI=1S/C20H15Cl2N3O3S/c1-11(19(26)23-13-6-2-5-12(21)16(13)22)29-20-24-17(14-7-3-9-27-14)18(25-20)15-8-4-10-28-15/h2-11H,1H3,(H,23,26)(H,24,25). The molecule has 0 radical (unpaired) electrons. The zero-order valence-electron chi connectivity index (χ0n) is 15.1. The molecular weight excluding hydrogens is 433 g/mol. The quantitative estimate of drug-likeness (QED) is 0.336. The lowest BCUT2D eigenvalue weighted by Crippen LogP contribution is -2.22. The molecule has 3 aromatic heterocycles. The van der Waals surface area contributed by atoms with Crippen LogP contribution in [0.3, 0.4) is 0 Å². The number of nitrogens with zero attached hydrogens (tertiary/aromatic N) is 1. The van der Waals surface area contributed by atoms with Gasteiger partial charge in [0.15, 0.2) is 16.7 Å². The molecule has 2 N–H and O–H groups in total. The van der Waals surface area contributed by atoms with Crippen molar-refractivity contribution in [3.63, 3.8) is 0 Å². The Morgan fingerprint density at radius 3 is 2.52 bits per heavy atom. The van der Waals surface area contributed by atoms with Crippen LogP contribution in [0.1, 0.15) is 6.92 Å². The van der Waals surface area contributed by atoms with Crippen LogP contribution in [-0.4, -0.2) is 21.1 Å². The number of carbonyl (C=O) groups is 1. The smallest absolute Gasteiger partial charge is 0.237 e. The Morgan fingerprint density at radius 1 is 1.10 bits per heavy atom. The lowest BCUT2D eigenvalue weighted by molar-refractivity contribution is -0.115. The molecule has 4 rings (SSSR count). The van der Waals surface area contributed by atoms with E-state index in [2.05, 4.69) is 15.3 Å². The molecule has 29 heavy (non-hydrogen) atoms. The van der Waals surface area contributed by atoms with Gasteiger partial charge in [0.25, 0.3) is 0 Å². The maximum Gasteiger partial charge on any atom is 0.237 e. The van der Waals surface area contributed by atoms with E-state index in [1.165, 1.54) is 11.8 Å². The molecule has 3 heterocycles. The monoisotopic (exact) mass is 447 g/mol. The zero-order chi connectivity index (χ0) is 20.4. The van der Waals surface area contributed by atoms with E-state index in [1.54, 1.807) is 49.8 Å². The van der Waals surface area contributed by atoms with E-state index >= 15 is 0 Å². The number of anilines is 1. The highest BCUT2D eigenvalue weighted by molar-refractivity contribution is 8.00. The number of imidazole rings is 1. The van der Waals surface area contributed by atoms with Crippen molar-refractivity contribution in [1.29, 1.82) is 0 Å². The third-order valence-electron chi connectivity index (χ3n) is 4.07. The lowest BCUT2D eigenvalue weighted by atomic mass is 10.2. The third-order valence-corrected chi connectivity index (χ3v) is 5.87. The second-order valence-corrected chi connectivity index (χ2v) is 8.19. The molecular formula is C20H15Cl2N3O3S. The van der Waals surface area contributed by atoms with Crippen LogP contribution in [0.15, 0.2) is 69.0 Å². The second-order valence-electron chi connectivity index (χ2n) is 6.07. The molecule has 1 aromatic carbocycles. The van der Waals surface area contributed by atoms with Crippen molar-refractivity contribution in [3.8, 4) is 22.9 Å². The number of halogens is 2. The summed E-state index contributed by atoms with van der Waals surface area (Å²) in [4.78, 5) is 20.4. The summed E-state index contributed by atoms with van der Waals surface area (Å²) in [6, 6.07) is 12.3. The Bertz CT molecular complexity index is 1070. The number of hydrogen-bond acceptors (Lipinski definition) is 5. The summed E-state index contributed by atoms with van der Waals surface area (Å²) in [7, 11) is 0. The third kappa shape index (κ3) is 4.22. The van der Waals surface area contributed by atoms with E-state index in [0.717, 1.165) is 0 Å². The van der Waals surface area contributed by atoms with E-state index < -0.39 is 5.25 Å². The minimum atomic E-state index is -0.454. The van der Waals surface area contributed by atoms with Crippen molar-refractivity contribution in [1.82, 2.24) is 9.97 Å². The molecule has 0 fully saturated rings. The molecule has 0 saturated carbocycles. The first-order valence-electron chi connectivity index (χ1n) is 8.62. The number of aromatic nitrogens is 2. The average Bonchev–Trinajstić information content (AvgIpc) is 3.46. The van der Waals surface area contributed by atoms with Gasteiger partial charge < -0.3 is 19.1 Å². The number of hydrogen-bond donors (Lipinski definition) is 2. The van der Waals surface area contributed by atoms with Crippen LogP contribution in [-0.2, 0) is 4.79 Å². The van der Waals surface area contributed by atoms with E-state index in [9.17, 15) is 4.79 Å². The summed E-state index contributed by atoms with van der Waals surface area (Å²) < 4.78 is 11.0. The summed E-state index contributed by atoms with van der Waals surface area (Å²) >= 11 is 13.4. The number of benzene rings is 1. The molecule has 6 nitrogen and oxygen atoms in total. The fraction of sp³-hybridized carbons (Fsp3) is 0.100. The van der Waals surface area contributed by atoms with Gasteiger partial charge in [-0.15, -0.1) is 0 Å². The van der Waals surface area contributed by atoms with Crippen LogP contribution in [0.5, 0.6) is 0 Å². The van der Waals surface area contributed by atoms with Crippen LogP contribution in [0.25, 0.3) is 22.9 Å². The molecule has 1 atom stereocenters. The summed E-state index contributed by atoms with van der Waals surface area (Å²) in [5.74, 6) is 0.996. The van der Waals surface area contributed by atoms with Crippen LogP contribution < -0.4 is 5.32 Å². The van der Waals surface area contributed by atoms with Gasteiger partial charge in [-0.1, -0.05) is 41.0 Å². The highest BCUT2D eigenvalue weighted by Crippen LogP contribution is 2.35. The van der Waals surface area contributed by atoms with Crippen LogP contribution in [0.4, 0.5) is 5.69 Å². The SMILES string of the molecule is CC(Sc1nc(-c2ccco2)c(-c2ccco2)[nH]1)C(=O)Nc1cccc(Cl)c1Cl. The van der Waals surface area contributed by atoms with Crippen molar-refractivity contribution < 1.29 is 13.6 Å². The van der Waals surface area contributed by atoms with Gasteiger partial charge in [0.2, 0.25) is 5.91 Å². The minimum Gasteiger partial charge on any atom is -0.463 e. The molecule has 4 aromatic rings. The first kappa shape index (κ1) is 19.7. The number of thioether (sulfide) groups is 1. The zero-order valence-corrected chi connectivity index (χ0v) is 17.4. The van der Waals surface area contributed by atoms with Gasteiger partial charge in [-0.05, 0) is 43.3 Å². The Hall–Kier alpha value is -2.61. The summed E-state index contributed by atoms with van der Waals surface area (Å²) in [6.45, 7) is 1.78. The molecule has 148 valence electrons. The maximum atomic E-state index is 12.6. The normalized spacial score (nSPS) is 12.1. The van der Waals surface area contributed by atoms with E-state index in [-0.39, 0.29) is 5.91 Å². The molecule has 0 aliphatic carbocycles. The molecule has 0 bridgehead atoms. The van der Waals surface area contributed by atoms with Gasteiger partial charge in [0.1, 0.15) is 11.4 Å².